The molecule has 1 N–H and O–H groups in total. The van der Waals surface area contributed by atoms with E-state index in [0.717, 1.165) is 24.8 Å². The van der Waals surface area contributed by atoms with E-state index in [9.17, 15) is 10.1 Å². The van der Waals surface area contributed by atoms with Crippen LogP contribution in [0, 0.1) is 17.2 Å². The average Bonchev–Trinajstić information content (AvgIpc) is 2.91. The molecule has 1 heterocycles. The summed E-state index contributed by atoms with van der Waals surface area (Å²) in [5.41, 5.74) is 2.28. The standard InChI is InChI=1S/C18H18N2O2S/c1-11-6-7-16-14(8-11)15(10-19)18(23-16)20-17(21)12-4-3-5-13(9-12)22-2/h3-5,9,11H,6-8H2,1-2H3,(H,20,21)/t11-/m0/s1. The molecule has 2 aromatic rings. The molecule has 118 valence electrons. The Kier molecular flexibility index (Phi) is 4.35. The number of amides is 1. The lowest BCUT2D eigenvalue weighted by Crippen LogP contribution is -2.12. The fraction of sp³-hybridized carbons (Fsp3) is 0.333. The van der Waals surface area contributed by atoms with Gasteiger partial charge in [-0.2, -0.15) is 5.26 Å². The minimum absolute atomic E-state index is 0.216. The first-order valence-corrected chi connectivity index (χ1v) is 8.44. The number of aryl methyl sites for hydroxylation is 1. The van der Waals surface area contributed by atoms with Gasteiger partial charge in [-0.15, -0.1) is 11.3 Å². The van der Waals surface area contributed by atoms with E-state index in [-0.39, 0.29) is 5.91 Å². The second kappa shape index (κ2) is 6.43. The monoisotopic (exact) mass is 326 g/mol. The van der Waals surface area contributed by atoms with Crippen LogP contribution in [-0.2, 0) is 12.8 Å². The summed E-state index contributed by atoms with van der Waals surface area (Å²) in [7, 11) is 1.57. The number of fused-ring (bicyclic) bond motifs is 1. The number of thiophene rings is 1. The maximum absolute atomic E-state index is 12.5. The highest BCUT2D eigenvalue weighted by atomic mass is 32.1. The number of anilines is 1. The number of ether oxygens (including phenoxy) is 1. The fourth-order valence-electron chi connectivity index (χ4n) is 2.90. The summed E-state index contributed by atoms with van der Waals surface area (Å²) in [6, 6.07) is 9.27. The predicted molar refractivity (Wildman–Crippen MR) is 91.2 cm³/mol. The van der Waals surface area contributed by atoms with Gasteiger partial charge in [0.15, 0.2) is 0 Å². The van der Waals surface area contributed by atoms with E-state index >= 15 is 0 Å². The third-order valence-corrected chi connectivity index (χ3v) is 5.39. The molecular weight excluding hydrogens is 308 g/mol. The molecule has 1 aromatic carbocycles. The molecule has 0 saturated carbocycles. The Bertz CT molecular complexity index is 789. The van der Waals surface area contributed by atoms with Crippen LogP contribution in [0.5, 0.6) is 5.75 Å². The summed E-state index contributed by atoms with van der Waals surface area (Å²) in [6.07, 6.45) is 3.05. The van der Waals surface area contributed by atoms with Crippen molar-refractivity contribution in [1.82, 2.24) is 0 Å². The number of hydrogen-bond donors (Lipinski definition) is 1. The second-order valence-electron chi connectivity index (χ2n) is 5.85. The third-order valence-electron chi connectivity index (χ3n) is 4.18. The zero-order valence-electron chi connectivity index (χ0n) is 13.2. The summed E-state index contributed by atoms with van der Waals surface area (Å²) >= 11 is 1.54. The van der Waals surface area contributed by atoms with E-state index in [0.29, 0.717) is 27.8 Å². The highest BCUT2D eigenvalue weighted by molar-refractivity contribution is 7.16. The van der Waals surface area contributed by atoms with Crippen molar-refractivity contribution in [2.24, 2.45) is 5.92 Å². The Hall–Kier alpha value is -2.32. The van der Waals surface area contributed by atoms with Gasteiger partial charge in [-0.3, -0.25) is 4.79 Å². The predicted octanol–water partition coefficient (Wildman–Crippen LogP) is 4.01. The summed E-state index contributed by atoms with van der Waals surface area (Å²) in [6.45, 7) is 2.20. The van der Waals surface area contributed by atoms with E-state index in [2.05, 4.69) is 18.3 Å². The van der Waals surface area contributed by atoms with Crippen molar-refractivity contribution in [3.8, 4) is 11.8 Å². The summed E-state index contributed by atoms with van der Waals surface area (Å²) in [5, 5.41) is 13.1. The molecule has 0 aliphatic heterocycles. The normalized spacial score (nSPS) is 16.3. The lowest BCUT2D eigenvalue weighted by Gasteiger charge is -2.17. The van der Waals surface area contributed by atoms with Crippen LogP contribution < -0.4 is 10.1 Å². The van der Waals surface area contributed by atoms with Crippen LogP contribution in [0.2, 0.25) is 0 Å². The Morgan fingerprint density at radius 3 is 3.04 bits per heavy atom. The quantitative estimate of drug-likeness (QED) is 0.927. The van der Waals surface area contributed by atoms with Crippen molar-refractivity contribution in [2.45, 2.75) is 26.2 Å². The largest absolute Gasteiger partial charge is 0.497 e. The van der Waals surface area contributed by atoms with Gasteiger partial charge in [0, 0.05) is 10.4 Å². The van der Waals surface area contributed by atoms with E-state index in [1.54, 1.807) is 31.4 Å². The van der Waals surface area contributed by atoms with Crippen molar-refractivity contribution in [3.63, 3.8) is 0 Å². The van der Waals surface area contributed by atoms with Crippen LogP contribution in [0.3, 0.4) is 0 Å². The van der Waals surface area contributed by atoms with Crippen molar-refractivity contribution in [1.29, 1.82) is 5.26 Å². The summed E-state index contributed by atoms with van der Waals surface area (Å²) < 4.78 is 5.15. The first-order valence-electron chi connectivity index (χ1n) is 7.62. The number of carbonyl (C=O) groups excluding carboxylic acids is 1. The molecule has 5 heteroatoms. The van der Waals surface area contributed by atoms with Crippen molar-refractivity contribution in [3.05, 3.63) is 45.8 Å². The minimum Gasteiger partial charge on any atom is -0.497 e. The van der Waals surface area contributed by atoms with Gasteiger partial charge >= 0.3 is 0 Å². The number of methoxy groups -OCH3 is 1. The van der Waals surface area contributed by atoms with Crippen LogP contribution in [0.1, 0.15) is 39.7 Å². The smallest absolute Gasteiger partial charge is 0.256 e. The number of nitriles is 1. The summed E-state index contributed by atoms with van der Waals surface area (Å²) in [5.74, 6) is 1.01. The molecular formula is C18H18N2O2S. The van der Waals surface area contributed by atoms with Crippen molar-refractivity contribution >= 4 is 22.2 Å². The maximum Gasteiger partial charge on any atom is 0.256 e. The van der Waals surface area contributed by atoms with Gasteiger partial charge in [0.1, 0.15) is 16.8 Å². The molecule has 0 spiro atoms. The number of benzene rings is 1. The molecule has 1 aliphatic carbocycles. The fourth-order valence-corrected chi connectivity index (χ4v) is 4.09. The van der Waals surface area contributed by atoms with E-state index in [4.69, 9.17) is 4.74 Å². The van der Waals surface area contributed by atoms with E-state index in [1.807, 2.05) is 0 Å². The van der Waals surface area contributed by atoms with Gasteiger partial charge in [-0.1, -0.05) is 13.0 Å². The van der Waals surface area contributed by atoms with Gasteiger partial charge in [0.25, 0.3) is 5.91 Å². The highest BCUT2D eigenvalue weighted by Gasteiger charge is 2.25. The van der Waals surface area contributed by atoms with Crippen LogP contribution in [0.25, 0.3) is 0 Å². The zero-order chi connectivity index (χ0) is 16.4. The molecule has 0 saturated heterocycles. The van der Waals surface area contributed by atoms with Crippen molar-refractivity contribution in [2.75, 3.05) is 12.4 Å². The number of hydrogen-bond acceptors (Lipinski definition) is 4. The Labute approximate surface area is 139 Å². The van der Waals surface area contributed by atoms with Gasteiger partial charge in [0.05, 0.1) is 12.7 Å². The number of rotatable bonds is 3. The van der Waals surface area contributed by atoms with Crippen LogP contribution in [0.15, 0.2) is 24.3 Å². The molecule has 0 bridgehead atoms. The molecule has 1 atom stereocenters. The molecule has 1 aliphatic rings. The first kappa shape index (κ1) is 15.6. The summed E-state index contributed by atoms with van der Waals surface area (Å²) in [4.78, 5) is 13.7. The molecule has 1 aromatic heterocycles. The van der Waals surface area contributed by atoms with Crippen LogP contribution in [-0.4, -0.2) is 13.0 Å². The minimum atomic E-state index is -0.216. The SMILES string of the molecule is COc1cccc(C(=O)Nc2sc3c(c2C#N)C[C@@H](C)CC3)c1. The molecule has 3 rings (SSSR count). The Balaban J connectivity index is 1.88. The third kappa shape index (κ3) is 3.08. The number of nitrogens with one attached hydrogen (secondary N) is 1. The van der Waals surface area contributed by atoms with Gasteiger partial charge in [-0.25, -0.2) is 0 Å². The van der Waals surface area contributed by atoms with Gasteiger partial charge < -0.3 is 10.1 Å². The van der Waals surface area contributed by atoms with Gasteiger partial charge in [-0.05, 0) is 48.9 Å². The van der Waals surface area contributed by atoms with Crippen molar-refractivity contribution < 1.29 is 9.53 Å². The lowest BCUT2D eigenvalue weighted by molar-refractivity contribution is 0.102. The Morgan fingerprint density at radius 2 is 2.30 bits per heavy atom. The first-order chi connectivity index (χ1) is 11.1. The molecule has 0 fully saturated rings. The van der Waals surface area contributed by atoms with E-state index in [1.165, 1.54) is 16.2 Å². The zero-order valence-corrected chi connectivity index (χ0v) is 14.0. The second-order valence-corrected chi connectivity index (χ2v) is 6.96. The molecule has 1 amide bonds. The van der Waals surface area contributed by atoms with E-state index < -0.39 is 0 Å². The lowest BCUT2D eigenvalue weighted by atomic mass is 9.88. The number of nitrogens with zero attached hydrogens (tertiary/aromatic N) is 1. The maximum atomic E-state index is 12.5. The van der Waals surface area contributed by atoms with Gasteiger partial charge in [0.2, 0.25) is 0 Å². The average molecular weight is 326 g/mol. The highest BCUT2D eigenvalue weighted by Crippen LogP contribution is 2.39. The number of carbonyl (C=O) groups is 1. The topological polar surface area (TPSA) is 62.1 Å². The molecule has 4 nitrogen and oxygen atoms in total. The van der Waals surface area contributed by atoms with Crippen LogP contribution >= 0.6 is 11.3 Å². The molecule has 0 radical (unpaired) electrons. The Morgan fingerprint density at radius 1 is 1.48 bits per heavy atom. The molecule has 23 heavy (non-hydrogen) atoms. The van der Waals surface area contributed by atoms with Crippen LogP contribution in [0.4, 0.5) is 5.00 Å². The molecule has 0 unspecified atom stereocenters.